The summed E-state index contributed by atoms with van der Waals surface area (Å²) in [6.07, 6.45) is 1.22. The first-order valence-electron chi connectivity index (χ1n) is 9.53. The van der Waals surface area contributed by atoms with E-state index in [4.69, 9.17) is 9.72 Å². The number of nitrogens with zero attached hydrogens (tertiary/aromatic N) is 3. The fourth-order valence-corrected chi connectivity index (χ4v) is 4.06. The van der Waals surface area contributed by atoms with Crippen molar-refractivity contribution in [2.24, 2.45) is 0 Å². The Morgan fingerprint density at radius 1 is 1.07 bits per heavy atom. The van der Waals surface area contributed by atoms with Gasteiger partial charge in [0.05, 0.1) is 23.2 Å². The SMILES string of the molecule is Cc1cccc2sc(N(CCCN(C)C)C(=O)CCOc3ccccc3)nc12. The predicted molar refractivity (Wildman–Crippen MR) is 116 cm³/mol. The van der Waals surface area contributed by atoms with E-state index in [1.54, 1.807) is 11.3 Å². The average molecular weight is 398 g/mol. The van der Waals surface area contributed by atoms with Crippen molar-refractivity contribution in [1.82, 2.24) is 9.88 Å². The van der Waals surface area contributed by atoms with Crippen molar-refractivity contribution in [1.29, 1.82) is 0 Å². The lowest BCUT2D eigenvalue weighted by Gasteiger charge is -2.21. The molecule has 0 spiro atoms. The molecule has 0 aliphatic heterocycles. The van der Waals surface area contributed by atoms with Crippen LogP contribution in [0, 0.1) is 6.92 Å². The molecule has 148 valence electrons. The first-order valence-corrected chi connectivity index (χ1v) is 10.4. The van der Waals surface area contributed by atoms with Crippen molar-refractivity contribution in [2.45, 2.75) is 19.8 Å². The Morgan fingerprint density at radius 3 is 2.57 bits per heavy atom. The fraction of sp³-hybridized carbons (Fsp3) is 0.364. The van der Waals surface area contributed by atoms with Crippen LogP contribution in [0.3, 0.4) is 0 Å². The second-order valence-corrected chi connectivity index (χ2v) is 8.04. The molecule has 0 atom stereocenters. The zero-order valence-electron chi connectivity index (χ0n) is 16.7. The largest absolute Gasteiger partial charge is 0.493 e. The van der Waals surface area contributed by atoms with Gasteiger partial charge in [-0.05, 0) is 57.7 Å². The molecule has 0 saturated heterocycles. The summed E-state index contributed by atoms with van der Waals surface area (Å²) in [5, 5.41) is 0.771. The molecule has 3 rings (SSSR count). The molecule has 0 unspecified atom stereocenters. The maximum atomic E-state index is 13.0. The second-order valence-electron chi connectivity index (χ2n) is 7.03. The zero-order valence-corrected chi connectivity index (χ0v) is 17.5. The lowest BCUT2D eigenvalue weighted by molar-refractivity contribution is -0.119. The van der Waals surface area contributed by atoms with Crippen molar-refractivity contribution in [3.63, 3.8) is 0 Å². The molecule has 0 N–H and O–H groups in total. The molecular weight excluding hydrogens is 370 g/mol. The standard InChI is InChI=1S/C22H27N3O2S/c1-17-9-7-12-19-21(17)23-22(28-19)25(15-8-14-24(2)3)20(26)13-16-27-18-10-5-4-6-11-18/h4-7,9-12H,8,13-16H2,1-3H3. The van der Waals surface area contributed by atoms with Crippen LogP contribution in [-0.4, -0.2) is 49.6 Å². The number of amides is 1. The van der Waals surface area contributed by atoms with Gasteiger partial charge < -0.3 is 9.64 Å². The summed E-state index contributed by atoms with van der Waals surface area (Å²) in [7, 11) is 4.09. The van der Waals surface area contributed by atoms with Crippen molar-refractivity contribution in [2.75, 3.05) is 38.7 Å². The van der Waals surface area contributed by atoms with Crippen molar-refractivity contribution in [3.8, 4) is 5.75 Å². The van der Waals surface area contributed by atoms with E-state index in [-0.39, 0.29) is 5.91 Å². The molecule has 5 nitrogen and oxygen atoms in total. The lowest BCUT2D eigenvalue weighted by Crippen LogP contribution is -2.34. The van der Waals surface area contributed by atoms with Gasteiger partial charge in [-0.3, -0.25) is 9.69 Å². The Balaban J connectivity index is 1.71. The van der Waals surface area contributed by atoms with Gasteiger partial charge in [-0.1, -0.05) is 41.7 Å². The van der Waals surface area contributed by atoms with E-state index >= 15 is 0 Å². The Hall–Kier alpha value is -2.44. The third kappa shape index (κ3) is 5.30. The van der Waals surface area contributed by atoms with Crippen LogP contribution in [0.5, 0.6) is 5.75 Å². The van der Waals surface area contributed by atoms with Crippen LogP contribution in [0.25, 0.3) is 10.2 Å². The molecule has 0 aliphatic carbocycles. The average Bonchev–Trinajstić information content (AvgIpc) is 3.11. The highest BCUT2D eigenvalue weighted by atomic mass is 32.1. The molecule has 0 saturated carbocycles. The van der Waals surface area contributed by atoms with E-state index in [0.29, 0.717) is 19.6 Å². The monoisotopic (exact) mass is 397 g/mol. The maximum Gasteiger partial charge on any atom is 0.232 e. The second kappa shape index (κ2) is 9.66. The number of hydrogen-bond donors (Lipinski definition) is 0. The van der Waals surface area contributed by atoms with E-state index in [0.717, 1.165) is 39.6 Å². The van der Waals surface area contributed by atoms with Crippen molar-refractivity contribution < 1.29 is 9.53 Å². The molecule has 0 fully saturated rings. The number of para-hydroxylation sites is 2. The van der Waals surface area contributed by atoms with Gasteiger partial charge >= 0.3 is 0 Å². The van der Waals surface area contributed by atoms with E-state index in [1.807, 2.05) is 55.4 Å². The van der Waals surface area contributed by atoms with Crippen LogP contribution in [-0.2, 0) is 4.79 Å². The van der Waals surface area contributed by atoms with Gasteiger partial charge in [-0.15, -0.1) is 0 Å². The van der Waals surface area contributed by atoms with Crippen LogP contribution < -0.4 is 9.64 Å². The normalized spacial score (nSPS) is 11.1. The molecule has 1 amide bonds. The molecule has 0 aliphatic rings. The van der Waals surface area contributed by atoms with Gasteiger partial charge in [0.1, 0.15) is 5.75 Å². The third-order valence-electron chi connectivity index (χ3n) is 4.46. The minimum Gasteiger partial charge on any atom is -0.493 e. The summed E-state index contributed by atoms with van der Waals surface area (Å²) in [6, 6.07) is 15.7. The predicted octanol–water partition coefficient (Wildman–Crippen LogP) is 4.36. The molecule has 28 heavy (non-hydrogen) atoms. The van der Waals surface area contributed by atoms with E-state index in [2.05, 4.69) is 24.0 Å². The van der Waals surface area contributed by atoms with E-state index < -0.39 is 0 Å². The Bertz CT molecular complexity index is 909. The number of anilines is 1. The number of aryl methyl sites for hydroxylation is 1. The van der Waals surface area contributed by atoms with Crippen LogP contribution in [0.1, 0.15) is 18.4 Å². The summed E-state index contributed by atoms with van der Waals surface area (Å²) < 4.78 is 6.82. The zero-order chi connectivity index (χ0) is 19.9. The highest BCUT2D eigenvalue weighted by Crippen LogP contribution is 2.31. The first-order chi connectivity index (χ1) is 13.5. The van der Waals surface area contributed by atoms with Crippen molar-refractivity contribution in [3.05, 3.63) is 54.1 Å². The van der Waals surface area contributed by atoms with Crippen LogP contribution in [0.2, 0.25) is 0 Å². The number of aromatic nitrogens is 1. The number of fused-ring (bicyclic) bond motifs is 1. The smallest absolute Gasteiger partial charge is 0.232 e. The highest BCUT2D eigenvalue weighted by molar-refractivity contribution is 7.22. The van der Waals surface area contributed by atoms with Crippen LogP contribution in [0.4, 0.5) is 5.13 Å². The van der Waals surface area contributed by atoms with Gasteiger partial charge in [0.15, 0.2) is 5.13 Å². The number of carbonyl (C=O) groups is 1. The summed E-state index contributed by atoms with van der Waals surface area (Å²) in [6.45, 7) is 3.99. The molecule has 0 bridgehead atoms. The molecule has 0 radical (unpaired) electrons. The molecule has 1 heterocycles. The van der Waals surface area contributed by atoms with Gasteiger partial charge in [-0.25, -0.2) is 4.98 Å². The number of carbonyl (C=O) groups excluding carboxylic acids is 1. The van der Waals surface area contributed by atoms with Crippen molar-refractivity contribution >= 4 is 32.6 Å². The number of thiazole rings is 1. The third-order valence-corrected chi connectivity index (χ3v) is 5.50. The van der Waals surface area contributed by atoms with Gasteiger partial charge in [0.2, 0.25) is 5.91 Å². The fourth-order valence-electron chi connectivity index (χ4n) is 2.97. The lowest BCUT2D eigenvalue weighted by atomic mass is 10.2. The first kappa shape index (κ1) is 20.3. The van der Waals surface area contributed by atoms with Gasteiger partial charge in [0.25, 0.3) is 0 Å². The Labute approximate surface area is 170 Å². The number of benzene rings is 2. The number of rotatable bonds is 9. The summed E-state index contributed by atoms with van der Waals surface area (Å²) >= 11 is 1.58. The Morgan fingerprint density at radius 2 is 1.86 bits per heavy atom. The molecular formula is C22H27N3O2S. The molecule has 6 heteroatoms. The topological polar surface area (TPSA) is 45.7 Å². The summed E-state index contributed by atoms with van der Waals surface area (Å²) in [4.78, 5) is 21.7. The van der Waals surface area contributed by atoms with Gasteiger partial charge in [-0.2, -0.15) is 0 Å². The summed E-state index contributed by atoms with van der Waals surface area (Å²) in [5.74, 6) is 0.830. The molecule has 3 aromatic rings. The minimum atomic E-state index is 0.0476. The van der Waals surface area contributed by atoms with Crippen LogP contribution >= 0.6 is 11.3 Å². The van der Waals surface area contributed by atoms with E-state index in [1.165, 1.54) is 0 Å². The molecule has 1 aromatic heterocycles. The Kier molecular flexibility index (Phi) is 7.01. The quantitative estimate of drug-likeness (QED) is 0.538. The summed E-state index contributed by atoms with van der Waals surface area (Å²) in [5.41, 5.74) is 2.11. The van der Waals surface area contributed by atoms with Crippen LogP contribution in [0.15, 0.2) is 48.5 Å². The van der Waals surface area contributed by atoms with E-state index in [9.17, 15) is 4.79 Å². The number of hydrogen-bond acceptors (Lipinski definition) is 5. The maximum absolute atomic E-state index is 13.0. The minimum absolute atomic E-state index is 0.0476. The highest BCUT2D eigenvalue weighted by Gasteiger charge is 2.20. The van der Waals surface area contributed by atoms with Gasteiger partial charge in [0, 0.05) is 6.54 Å². The molecule has 2 aromatic carbocycles. The number of ether oxygens (including phenoxy) is 1.